The number of nitrogens with zero attached hydrogens (tertiary/aromatic N) is 4. The van der Waals surface area contributed by atoms with Gasteiger partial charge in [-0.25, -0.2) is 0 Å². The van der Waals surface area contributed by atoms with Crippen molar-refractivity contribution in [3.63, 3.8) is 0 Å². The van der Waals surface area contributed by atoms with E-state index in [1.54, 1.807) is 26.0 Å². The Morgan fingerprint density at radius 3 is 1.40 bits per heavy atom. The van der Waals surface area contributed by atoms with Gasteiger partial charge in [0, 0.05) is 23.3 Å². The van der Waals surface area contributed by atoms with Gasteiger partial charge in [-0.05, 0) is 13.8 Å². The van der Waals surface area contributed by atoms with Gasteiger partial charge in [-0.3, -0.25) is 0 Å². The van der Waals surface area contributed by atoms with Gasteiger partial charge in [0.25, 0.3) is 12.0 Å². The fraction of sp³-hybridized carbons (Fsp3) is 0.0909. The molecule has 11 nitrogen and oxygen atoms in total. The summed E-state index contributed by atoms with van der Waals surface area (Å²) in [4.78, 5) is 0. The van der Waals surface area contributed by atoms with Crippen LogP contribution in [-0.2, 0) is 23.2 Å². The Kier molecular flexibility index (Phi) is 7.48. The van der Waals surface area contributed by atoms with Gasteiger partial charge in [0.2, 0.25) is 0 Å². The Morgan fingerprint density at radius 1 is 0.600 bits per heavy atom. The van der Waals surface area contributed by atoms with Crippen molar-refractivity contribution in [3.8, 4) is 0 Å². The molecule has 0 aromatic heterocycles. The van der Waals surface area contributed by atoms with Crippen LogP contribution in [0.2, 0.25) is 0 Å². The first-order valence-corrected chi connectivity index (χ1v) is 10.6. The third-order valence-corrected chi connectivity index (χ3v) is 4.51. The van der Waals surface area contributed by atoms with Crippen LogP contribution in [0.3, 0.4) is 0 Å². The summed E-state index contributed by atoms with van der Waals surface area (Å²) in [7, 11) is -2.91. The number of hydrogen-bond acceptors (Lipinski definition) is 11. The van der Waals surface area contributed by atoms with E-state index in [-0.39, 0.29) is 12.0 Å². The molecule has 0 saturated heterocycles. The maximum atomic E-state index is 5.99. The second-order valence-electron chi connectivity index (χ2n) is 7.29. The Bertz CT molecular complexity index is 1140. The van der Waals surface area contributed by atoms with Crippen LogP contribution in [0.5, 0.6) is 0 Å². The molecule has 4 N–H and O–H groups in total. The molecule has 2 heterocycles. The molecular weight excluding hydrogens is 450 g/mol. The standard InChI is InChI=1S/C22H22B2N6O5/c1-15-13-19(17-9-5-3-6-10-17)31-23(33-21(25)29-27-15)35-24-32-20(18-11-7-4-8-12-18)14-16(2)28-30-22(26)34-24/h3-14H,1-2H3,(H2,25,29)(H2,26,30). The van der Waals surface area contributed by atoms with E-state index in [0.29, 0.717) is 22.9 Å². The van der Waals surface area contributed by atoms with E-state index in [2.05, 4.69) is 20.4 Å². The predicted molar refractivity (Wildman–Crippen MR) is 135 cm³/mol. The fourth-order valence-corrected chi connectivity index (χ4v) is 2.97. The third kappa shape index (κ3) is 6.74. The molecule has 0 fully saturated rings. The number of allylic oxidation sites excluding steroid dienone is 2. The van der Waals surface area contributed by atoms with Gasteiger partial charge in [-0.1, -0.05) is 70.9 Å². The first-order valence-electron chi connectivity index (χ1n) is 10.6. The SMILES string of the molecule is CC1=NN=C(N)OB(OB2OC(c3ccccc3)=CC(C)=NN=C(N)O2)OC(c2ccccc2)=C1. The molecule has 0 radical (unpaired) electrons. The fourth-order valence-electron chi connectivity index (χ4n) is 2.97. The van der Waals surface area contributed by atoms with Crippen LogP contribution in [0.1, 0.15) is 25.0 Å². The van der Waals surface area contributed by atoms with Gasteiger partial charge >= 0.3 is 14.6 Å². The van der Waals surface area contributed by atoms with E-state index in [9.17, 15) is 0 Å². The lowest BCUT2D eigenvalue weighted by Gasteiger charge is -2.21. The molecule has 0 atom stereocenters. The second-order valence-corrected chi connectivity index (χ2v) is 7.29. The minimum atomic E-state index is -1.45. The van der Waals surface area contributed by atoms with E-state index in [1.807, 2.05) is 60.7 Å². The average Bonchev–Trinajstić information content (AvgIpc) is 2.97. The van der Waals surface area contributed by atoms with Gasteiger partial charge in [-0.2, -0.15) is 10.2 Å². The van der Waals surface area contributed by atoms with E-state index >= 15 is 0 Å². The summed E-state index contributed by atoms with van der Waals surface area (Å²) in [6, 6.07) is 18.0. The molecule has 0 amide bonds. The van der Waals surface area contributed by atoms with Crippen molar-refractivity contribution in [1.29, 1.82) is 0 Å². The normalized spacial score (nSPS) is 16.7. The lowest BCUT2D eigenvalue weighted by molar-refractivity contribution is 0.211. The maximum Gasteiger partial charge on any atom is 0.779 e. The van der Waals surface area contributed by atoms with Crippen molar-refractivity contribution < 1.29 is 23.2 Å². The van der Waals surface area contributed by atoms with Gasteiger partial charge in [-0.15, -0.1) is 0 Å². The van der Waals surface area contributed by atoms with Crippen LogP contribution in [0.15, 0.2) is 93.2 Å². The van der Waals surface area contributed by atoms with Crippen LogP contribution in [0.4, 0.5) is 0 Å². The van der Waals surface area contributed by atoms with Gasteiger partial charge in [0.05, 0.1) is 11.4 Å². The number of benzene rings is 2. The maximum absolute atomic E-state index is 5.99. The lowest BCUT2D eigenvalue weighted by atomic mass is 10.1. The summed E-state index contributed by atoms with van der Waals surface area (Å²) >= 11 is 0. The highest BCUT2D eigenvalue weighted by Gasteiger charge is 2.42. The van der Waals surface area contributed by atoms with Crippen molar-refractivity contribution in [1.82, 2.24) is 0 Å². The summed E-state index contributed by atoms with van der Waals surface area (Å²) in [5, 5.41) is 15.7. The molecule has 2 aromatic rings. The van der Waals surface area contributed by atoms with E-state index in [0.717, 1.165) is 11.1 Å². The number of hydrogen-bond donors (Lipinski definition) is 2. The summed E-state index contributed by atoms with van der Waals surface area (Å²) < 4.78 is 28.9. The van der Waals surface area contributed by atoms with Crippen LogP contribution in [-0.4, -0.2) is 38.1 Å². The molecule has 176 valence electrons. The van der Waals surface area contributed by atoms with Crippen molar-refractivity contribution in [2.45, 2.75) is 13.8 Å². The number of rotatable bonds is 4. The highest BCUT2D eigenvalue weighted by molar-refractivity contribution is 6.55. The second kappa shape index (κ2) is 11.1. The molecule has 13 heteroatoms. The summed E-state index contributed by atoms with van der Waals surface area (Å²) in [6.45, 7) is 3.48. The first kappa shape index (κ1) is 23.6. The number of nitrogens with two attached hydrogens (primary N) is 2. The largest absolute Gasteiger partial charge is 0.779 e. The lowest BCUT2D eigenvalue weighted by Crippen LogP contribution is -2.42. The molecule has 4 rings (SSSR count). The highest BCUT2D eigenvalue weighted by Crippen LogP contribution is 2.22. The average molecular weight is 472 g/mol. The molecule has 0 aliphatic carbocycles. The Morgan fingerprint density at radius 2 is 1.00 bits per heavy atom. The highest BCUT2D eigenvalue weighted by atomic mass is 16.8. The predicted octanol–water partition coefficient (Wildman–Crippen LogP) is 2.53. The Labute approximate surface area is 202 Å². The summed E-state index contributed by atoms with van der Waals surface area (Å²) in [5.41, 5.74) is 14.2. The Balaban J connectivity index is 1.64. The molecule has 2 aliphatic heterocycles. The van der Waals surface area contributed by atoms with Crippen molar-refractivity contribution in [3.05, 3.63) is 83.9 Å². The van der Waals surface area contributed by atoms with Crippen LogP contribution < -0.4 is 11.5 Å². The first-order chi connectivity index (χ1) is 17.0. The minimum Gasteiger partial charge on any atom is -0.501 e. The minimum absolute atomic E-state index is 0.292. The molecular formula is C22H22B2N6O5. The smallest absolute Gasteiger partial charge is 0.501 e. The van der Waals surface area contributed by atoms with Gasteiger partial charge in [0.15, 0.2) is 0 Å². The molecule has 0 bridgehead atoms. The summed E-state index contributed by atoms with van der Waals surface area (Å²) in [6.07, 6.45) is 3.34. The quantitative estimate of drug-likeness (QED) is 0.650. The molecule has 2 aliphatic rings. The van der Waals surface area contributed by atoms with Crippen LogP contribution in [0, 0.1) is 0 Å². The van der Waals surface area contributed by atoms with Crippen molar-refractivity contribution >= 4 is 49.6 Å². The van der Waals surface area contributed by atoms with Crippen molar-refractivity contribution in [2.75, 3.05) is 0 Å². The zero-order chi connectivity index (χ0) is 24.6. The van der Waals surface area contributed by atoms with Crippen molar-refractivity contribution in [2.24, 2.45) is 31.9 Å². The molecule has 0 unspecified atom stereocenters. The van der Waals surface area contributed by atoms with E-state index in [4.69, 9.17) is 34.7 Å². The van der Waals surface area contributed by atoms with E-state index < -0.39 is 14.6 Å². The van der Waals surface area contributed by atoms with Crippen LogP contribution >= 0.6 is 0 Å². The van der Waals surface area contributed by atoms with Crippen LogP contribution in [0.25, 0.3) is 11.5 Å². The number of amidine groups is 2. The molecule has 2 aromatic carbocycles. The molecule has 35 heavy (non-hydrogen) atoms. The zero-order valence-electron chi connectivity index (χ0n) is 19.1. The zero-order valence-corrected chi connectivity index (χ0v) is 19.1. The summed E-state index contributed by atoms with van der Waals surface area (Å²) in [5.74, 6) is 0.786. The molecule has 0 saturated carbocycles. The monoisotopic (exact) mass is 472 g/mol. The van der Waals surface area contributed by atoms with Gasteiger partial charge in [0.1, 0.15) is 11.5 Å². The third-order valence-electron chi connectivity index (χ3n) is 4.51. The van der Waals surface area contributed by atoms with E-state index in [1.165, 1.54) is 0 Å². The topological polar surface area (TPSA) is 148 Å². The molecule has 0 spiro atoms. The Hall–Kier alpha value is -4.51. The van der Waals surface area contributed by atoms with Gasteiger partial charge < -0.3 is 34.7 Å².